The number of hydrogen-bond acceptors (Lipinski definition) is 4. The van der Waals surface area contributed by atoms with E-state index in [-0.39, 0.29) is 23.9 Å². The van der Waals surface area contributed by atoms with Crippen LogP contribution in [0.2, 0.25) is 0 Å². The monoisotopic (exact) mass is 506 g/mol. The fourth-order valence-electron chi connectivity index (χ4n) is 4.27. The molecule has 0 unspecified atom stereocenters. The molecular weight excluding hydrogens is 485 g/mol. The standard InChI is InChI=1S/C27H21F3N4O3/c28-27(29,30)37-22-10-7-19(8-11-22)26(36)34-17-21-9-12-24(25(35)32-15-18-4-3-13-31-14-18)33(21)16-20-5-1-2-6-23(20)34/h1-14H,15-17H2,(H,32,35). The summed E-state index contributed by atoms with van der Waals surface area (Å²) in [6.07, 6.45) is -1.48. The van der Waals surface area contributed by atoms with Crippen molar-refractivity contribution in [3.63, 3.8) is 0 Å². The molecular formula is C27H21F3N4O3. The lowest BCUT2D eigenvalue weighted by Crippen LogP contribution is -2.30. The largest absolute Gasteiger partial charge is 0.573 e. The summed E-state index contributed by atoms with van der Waals surface area (Å²) < 4.78 is 43.3. The molecule has 188 valence electrons. The molecule has 0 spiro atoms. The summed E-state index contributed by atoms with van der Waals surface area (Å²) >= 11 is 0. The van der Waals surface area contributed by atoms with Crippen molar-refractivity contribution in [1.82, 2.24) is 14.9 Å². The number of amides is 2. The Morgan fingerprint density at radius 3 is 2.46 bits per heavy atom. The Hall–Kier alpha value is -4.60. The number of carbonyl (C=O) groups excluding carboxylic acids is 2. The smallest absolute Gasteiger partial charge is 0.406 e. The molecule has 1 aliphatic rings. The highest BCUT2D eigenvalue weighted by molar-refractivity contribution is 6.06. The SMILES string of the molecule is O=C(NCc1cccnc1)c1ccc2n1Cc1ccccc1N(C(=O)c1ccc(OC(F)(F)F)cc1)C2. The molecule has 0 saturated carbocycles. The number of carbonyl (C=O) groups is 2. The van der Waals surface area contributed by atoms with Crippen molar-refractivity contribution in [1.29, 1.82) is 0 Å². The van der Waals surface area contributed by atoms with Gasteiger partial charge in [0, 0.05) is 35.9 Å². The average Bonchev–Trinajstić information content (AvgIpc) is 3.20. The number of hydrogen-bond donors (Lipinski definition) is 1. The zero-order valence-electron chi connectivity index (χ0n) is 19.4. The average molecular weight is 506 g/mol. The summed E-state index contributed by atoms with van der Waals surface area (Å²) in [6.45, 7) is 0.866. The first kappa shape index (κ1) is 24.1. The quantitative estimate of drug-likeness (QED) is 0.417. The van der Waals surface area contributed by atoms with Gasteiger partial charge in [-0.3, -0.25) is 14.6 Å². The van der Waals surface area contributed by atoms with Gasteiger partial charge in [-0.1, -0.05) is 24.3 Å². The first-order valence-electron chi connectivity index (χ1n) is 11.4. The number of pyridine rings is 1. The molecule has 1 aliphatic heterocycles. The van der Waals surface area contributed by atoms with Crippen molar-refractivity contribution < 1.29 is 27.5 Å². The van der Waals surface area contributed by atoms with Gasteiger partial charge in [0.05, 0.1) is 13.1 Å². The van der Waals surface area contributed by atoms with E-state index in [0.717, 1.165) is 29.0 Å². The second-order valence-electron chi connectivity index (χ2n) is 8.43. The van der Waals surface area contributed by atoms with E-state index in [2.05, 4.69) is 15.0 Å². The van der Waals surface area contributed by atoms with Crippen LogP contribution in [0.25, 0.3) is 0 Å². The van der Waals surface area contributed by atoms with Crippen LogP contribution in [0.5, 0.6) is 5.75 Å². The second kappa shape index (κ2) is 9.81. The van der Waals surface area contributed by atoms with Gasteiger partial charge in [-0.2, -0.15) is 0 Å². The number of alkyl halides is 3. The molecule has 3 heterocycles. The minimum absolute atomic E-state index is 0.173. The summed E-state index contributed by atoms with van der Waals surface area (Å²) in [7, 11) is 0. The summed E-state index contributed by atoms with van der Waals surface area (Å²) in [5, 5.41) is 2.90. The molecule has 0 saturated heterocycles. The maximum absolute atomic E-state index is 13.5. The molecule has 0 bridgehead atoms. The second-order valence-corrected chi connectivity index (χ2v) is 8.43. The predicted molar refractivity (Wildman–Crippen MR) is 129 cm³/mol. The molecule has 5 rings (SSSR count). The Morgan fingerprint density at radius 1 is 0.946 bits per heavy atom. The molecule has 2 aromatic heterocycles. The van der Waals surface area contributed by atoms with Gasteiger partial charge in [0.25, 0.3) is 11.8 Å². The Balaban J connectivity index is 1.41. The third-order valence-corrected chi connectivity index (χ3v) is 5.99. The Morgan fingerprint density at radius 2 is 1.73 bits per heavy atom. The highest BCUT2D eigenvalue weighted by Gasteiger charge is 2.31. The molecule has 10 heteroatoms. The zero-order valence-corrected chi connectivity index (χ0v) is 19.4. The maximum Gasteiger partial charge on any atom is 0.573 e. The molecule has 0 radical (unpaired) electrons. The van der Waals surface area contributed by atoms with Crippen LogP contribution in [0.3, 0.4) is 0 Å². The fraction of sp³-hybridized carbons (Fsp3) is 0.148. The van der Waals surface area contributed by atoms with Crippen molar-refractivity contribution in [2.75, 3.05) is 4.90 Å². The Kier molecular flexibility index (Phi) is 6.39. The van der Waals surface area contributed by atoms with Gasteiger partial charge in [-0.25, -0.2) is 0 Å². The normalized spacial score (nSPS) is 12.8. The van der Waals surface area contributed by atoms with Gasteiger partial charge < -0.3 is 19.5 Å². The number of halogens is 3. The van der Waals surface area contributed by atoms with E-state index >= 15 is 0 Å². The van der Waals surface area contributed by atoms with E-state index in [4.69, 9.17) is 0 Å². The lowest BCUT2D eigenvalue weighted by molar-refractivity contribution is -0.274. The summed E-state index contributed by atoms with van der Waals surface area (Å²) in [5.74, 6) is -1.05. The van der Waals surface area contributed by atoms with Crippen LogP contribution < -0.4 is 15.0 Å². The van der Waals surface area contributed by atoms with Crippen LogP contribution >= 0.6 is 0 Å². The highest BCUT2D eigenvalue weighted by Crippen LogP contribution is 2.31. The lowest BCUT2D eigenvalue weighted by atomic mass is 10.1. The van der Waals surface area contributed by atoms with Gasteiger partial charge in [-0.05, 0) is 59.7 Å². The molecule has 37 heavy (non-hydrogen) atoms. The number of anilines is 1. The summed E-state index contributed by atoms with van der Waals surface area (Å²) in [4.78, 5) is 32.1. The van der Waals surface area contributed by atoms with E-state index in [0.29, 0.717) is 24.5 Å². The zero-order chi connectivity index (χ0) is 26.0. The molecule has 2 aromatic carbocycles. The van der Waals surface area contributed by atoms with Crippen molar-refractivity contribution in [2.45, 2.75) is 26.0 Å². The first-order valence-corrected chi connectivity index (χ1v) is 11.4. The van der Waals surface area contributed by atoms with Crippen LogP contribution in [0.4, 0.5) is 18.9 Å². The molecule has 2 amide bonds. The number of nitrogens with zero attached hydrogens (tertiary/aromatic N) is 3. The van der Waals surface area contributed by atoms with Gasteiger partial charge >= 0.3 is 6.36 Å². The van der Waals surface area contributed by atoms with Crippen molar-refractivity contribution in [3.8, 4) is 5.75 Å². The fourth-order valence-corrected chi connectivity index (χ4v) is 4.27. The van der Waals surface area contributed by atoms with E-state index in [1.54, 1.807) is 35.5 Å². The van der Waals surface area contributed by atoms with E-state index < -0.39 is 12.1 Å². The van der Waals surface area contributed by atoms with Crippen molar-refractivity contribution in [3.05, 3.63) is 113 Å². The number of aromatic nitrogens is 2. The van der Waals surface area contributed by atoms with E-state index in [1.165, 1.54) is 12.1 Å². The number of para-hydroxylation sites is 1. The topological polar surface area (TPSA) is 76.5 Å². The van der Waals surface area contributed by atoms with Crippen molar-refractivity contribution in [2.24, 2.45) is 0 Å². The number of nitrogens with one attached hydrogen (secondary N) is 1. The van der Waals surface area contributed by atoms with Gasteiger partial charge in [0.1, 0.15) is 11.4 Å². The summed E-state index contributed by atoms with van der Waals surface area (Å²) in [6, 6.07) is 19.3. The molecule has 0 atom stereocenters. The molecule has 4 aromatic rings. The molecule has 7 nitrogen and oxygen atoms in total. The van der Waals surface area contributed by atoms with Crippen LogP contribution in [-0.4, -0.2) is 27.7 Å². The third kappa shape index (κ3) is 5.32. The number of ether oxygens (including phenoxy) is 1. The van der Waals surface area contributed by atoms with Crippen LogP contribution in [-0.2, 0) is 19.6 Å². The third-order valence-electron chi connectivity index (χ3n) is 5.99. The predicted octanol–water partition coefficient (Wildman–Crippen LogP) is 4.92. The van der Waals surface area contributed by atoms with E-state index in [9.17, 15) is 22.8 Å². The number of fused-ring (bicyclic) bond motifs is 2. The van der Waals surface area contributed by atoms with Crippen LogP contribution in [0.15, 0.2) is 85.2 Å². The first-order chi connectivity index (χ1) is 17.8. The molecule has 1 N–H and O–H groups in total. The van der Waals surface area contributed by atoms with Gasteiger partial charge in [0.2, 0.25) is 0 Å². The number of benzene rings is 2. The van der Waals surface area contributed by atoms with Gasteiger partial charge in [0.15, 0.2) is 0 Å². The van der Waals surface area contributed by atoms with Crippen LogP contribution in [0, 0.1) is 0 Å². The number of rotatable bonds is 5. The molecule has 0 fully saturated rings. The van der Waals surface area contributed by atoms with E-state index in [1.807, 2.05) is 34.9 Å². The van der Waals surface area contributed by atoms with Crippen molar-refractivity contribution >= 4 is 17.5 Å². The highest BCUT2D eigenvalue weighted by atomic mass is 19.4. The minimum Gasteiger partial charge on any atom is -0.406 e. The van der Waals surface area contributed by atoms with Crippen LogP contribution in [0.1, 0.15) is 37.7 Å². The minimum atomic E-state index is -4.82. The van der Waals surface area contributed by atoms with Gasteiger partial charge in [-0.15, -0.1) is 13.2 Å². The maximum atomic E-state index is 13.5. The molecule has 0 aliphatic carbocycles. The summed E-state index contributed by atoms with van der Waals surface area (Å²) in [5.41, 5.74) is 3.76. The Labute approximate surface area is 210 Å². The lowest BCUT2D eigenvalue weighted by Gasteiger charge is -2.23. The Bertz CT molecular complexity index is 1430.